The Kier molecular flexibility index (Phi) is 6.57. The Morgan fingerprint density at radius 3 is 2.13 bits per heavy atom. The summed E-state index contributed by atoms with van der Waals surface area (Å²) in [6, 6.07) is 6.09. The summed E-state index contributed by atoms with van der Waals surface area (Å²) in [5.41, 5.74) is 0.220. The average Bonchev–Trinajstić information content (AvgIpc) is 2.25. The number of amides is 1. The summed E-state index contributed by atoms with van der Waals surface area (Å²) in [6.45, 7) is 0. The number of hydrogen-bond acceptors (Lipinski definition) is 3. The quantitative estimate of drug-likeness (QED) is 0.473. The molecule has 1 aliphatic rings. The van der Waals surface area contributed by atoms with E-state index in [0.717, 1.165) is 0 Å². The second-order valence-electron chi connectivity index (χ2n) is 2.43. The Hall–Kier alpha value is -0.240. The number of benzene rings is 1. The van der Waals surface area contributed by atoms with Crippen LogP contribution in [0.15, 0.2) is 29.2 Å². The number of nitrogens with one attached hydrogen (secondary N) is 1. The third kappa shape index (κ3) is 2.87. The number of halogens is 2. The molecule has 0 aromatic heterocycles. The molecule has 0 spiro atoms. The number of carbonyl (C=O) groups excluding carboxylic acids is 1. The minimum atomic E-state index is -3.55. The van der Waals surface area contributed by atoms with Crippen molar-refractivity contribution in [2.75, 3.05) is 0 Å². The van der Waals surface area contributed by atoms with Crippen LogP contribution in [0.5, 0.6) is 0 Å². The van der Waals surface area contributed by atoms with E-state index in [1.54, 1.807) is 12.1 Å². The first kappa shape index (κ1) is 17.2. The average molecular weight is 261 g/mol. The van der Waals surface area contributed by atoms with Crippen molar-refractivity contribution in [2.24, 2.45) is 0 Å². The first-order valence-corrected chi connectivity index (χ1v) is 4.76. The van der Waals surface area contributed by atoms with Gasteiger partial charge in [0.25, 0.3) is 15.9 Å². The van der Waals surface area contributed by atoms with Gasteiger partial charge in [-0.2, -0.15) is 0 Å². The van der Waals surface area contributed by atoms with Crippen LogP contribution in [0.3, 0.4) is 0 Å². The molecule has 1 amide bonds. The van der Waals surface area contributed by atoms with E-state index in [1.165, 1.54) is 12.1 Å². The molecule has 1 aliphatic heterocycles. The maximum Gasteiger partial charge on any atom is 2.00 e. The summed E-state index contributed by atoms with van der Waals surface area (Å²) < 4.78 is 24.2. The molecule has 0 saturated carbocycles. The smallest absolute Gasteiger partial charge is 1.00 e. The predicted molar refractivity (Wildman–Crippen MR) is 46.8 cm³/mol. The molecule has 0 bridgehead atoms. The van der Waals surface area contributed by atoms with Crippen LogP contribution in [0.25, 0.3) is 0 Å². The van der Waals surface area contributed by atoms with Gasteiger partial charge in [-0.25, -0.2) is 13.1 Å². The molecule has 8 heteroatoms. The van der Waals surface area contributed by atoms with Gasteiger partial charge in [-0.1, -0.05) is 12.1 Å². The molecule has 1 N–H and O–H groups in total. The molecule has 0 atom stereocenters. The van der Waals surface area contributed by atoms with Gasteiger partial charge in [0.15, 0.2) is 0 Å². The number of carbonyl (C=O) groups is 1. The summed E-state index contributed by atoms with van der Waals surface area (Å²) in [5, 5.41) is 0. The van der Waals surface area contributed by atoms with Gasteiger partial charge in [-0.15, -0.1) is 0 Å². The van der Waals surface area contributed by atoms with Crippen LogP contribution < -0.4 is 14.1 Å². The monoisotopic (exact) mass is 261 g/mol. The number of fused-ring (bicyclic) bond motifs is 1. The van der Waals surface area contributed by atoms with Crippen LogP contribution in [0.4, 0.5) is 0 Å². The van der Waals surface area contributed by atoms with Crippen LogP contribution >= 0.6 is 0 Å². The first-order chi connectivity index (χ1) is 5.61. The van der Waals surface area contributed by atoms with Gasteiger partial charge in [0.2, 0.25) is 0 Å². The van der Waals surface area contributed by atoms with Crippen molar-refractivity contribution in [3.8, 4) is 0 Å². The second kappa shape index (κ2) is 5.74. The van der Waals surface area contributed by atoms with Crippen LogP contribution in [-0.2, 0) is 10.0 Å². The fourth-order valence-corrected chi connectivity index (χ4v) is 2.29. The zero-order valence-electron chi connectivity index (χ0n) is 7.41. The van der Waals surface area contributed by atoms with Crippen molar-refractivity contribution in [2.45, 2.75) is 4.90 Å². The molecule has 4 nitrogen and oxygen atoms in total. The van der Waals surface area contributed by atoms with Crippen molar-refractivity contribution in [1.29, 1.82) is 0 Å². The molecule has 2 rings (SSSR count). The van der Waals surface area contributed by atoms with Gasteiger partial charge < -0.3 is 9.41 Å². The molecule has 15 heavy (non-hydrogen) atoms. The second-order valence-corrected chi connectivity index (χ2v) is 4.08. The molecule has 78 valence electrons. The van der Waals surface area contributed by atoms with Crippen molar-refractivity contribution >= 4 is 53.7 Å². The van der Waals surface area contributed by atoms with E-state index in [1.807, 2.05) is 4.72 Å². The number of sulfonamides is 1. The fraction of sp³-hybridized carbons (Fsp3) is 0. The van der Waals surface area contributed by atoms with E-state index < -0.39 is 15.9 Å². The molecule has 1 aromatic carbocycles. The Balaban J connectivity index is 0. The van der Waals surface area contributed by atoms with Crippen LogP contribution in [0.1, 0.15) is 10.4 Å². The normalized spacial score (nSPS) is 14.8. The minimum absolute atomic E-state index is 0. The zero-order chi connectivity index (χ0) is 8.77. The van der Waals surface area contributed by atoms with Gasteiger partial charge in [0, 0.05) is 0 Å². The van der Waals surface area contributed by atoms with E-state index in [9.17, 15) is 13.2 Å². The van der Waals surface area contributed by atoms with E-state index in [-0.39, 0.29) is 57.6 Å². The third-order valence-corrected chi connectivity index (χ3v) is 3.04. The molecule has 0 aliphatic carbocycles. The minimum Gasteiger partial charge on any atom is -1.00 e. The summed E-state index contributed by atoms with van der Waals surface area (Å²) in [4.78, 5) is 11.1. The van der Waals surface area contributed by atoms with Gasteiger partial charge in [-0.05, 0) is 12.1 Å². The van der Waals surface area contributed by atoms with Gasteiger partial charge in [0.1, 0.15) is 4.90 Å². The van der Waals surface area contributed by atoms with E-state index in [0.29, 0.717) is 0 Å². The summed E-state index contributed by atoms with van der Waals surface area (Å²) >= 11 is 0. The summed E-state index contributed by atoms with van der Waals surface area (Å²) in [5.74, 6) is -0.550. The van der Waals surface area contributed by atoms with E-state index in [4.69, 9.17) is 0 Å². The number of hydrogen-bond donors (Lipinski definition) is 1. The van der Waals surface area contributed by atoms with Crippen molar-refractivity contribution in [3.63, 3.8) is 0 Å². The molecule has 1 aromatic rings. The molecule has 0 fully saturated rings. The maximum absolute atomic E-state index is 11.1. The predicted octanol–water partition coefficient (Wildman–Crippen LogP) is -6.25. The molecule has 1 heterocycles. The fourth-order valence-electron chi connectivity index (χ4n) is 1.12. The Morgan fingerprint density at radius 2 is 1.60 bits per heavy atom. The third-order valence-electron chi connectivity index (χ3n) is 1.65. The Morgan fingerprint density at radius 1 is 1.07 bits per heavy atom. The molecular formula is C7H5CaF2NO3S. The van der Waals surface area contributed by atoms with Gasteiger partial charge >= 0.3 is 37.7 Å². The largest absolute Gasteiger partial charge is 2.00 e. The van der Waals surface area contributed by atoms with Crippen molar-refractivity contribution in [3.05, 3.63) is 29.8 Å². The van der Waals surface area contributed by atoms with Crippen LogP contribution in [0.2, 0.25) is 0 Å². The van der Waals surface area contributed by atoms with Crippen LogP contribution in [0, 0.1) is 0 Å². The maximum atomic E-state index is 11.1. The standard InChI is InChI=1S/C7H5NO3S.Ca.2FH/c9-7-5-3-1-2-4-6(5)12(10,11)8-7;;;/h1-4H,(H,8,9);;2*1H/q;+2;;/p-2. The SMILES string of the molecule is O=C1NS(=O)(=O)c2ccccc21.[Ca+2].[F-].[F-]. The Labute approximate surface area is 115 Å². The summed E-state index contributed by atoms with van der Waals surface area (Å²) in [7, 11) is -3.55. The zero-order valence-corrected chi connectivity index (χ0v) is 10.4. The molecule has 0 radical (unpaired) electrons. The van der Waals surface area contributed by atoms with Gasteiger partial charge in [0.05, 0.1) is 5.56 Å². The Bertz CT molecular complexity index is 463. The first-order valence-electron chi connectivity index (χ1n) is 3.27. The molecule has 0 saturated heterocycles. The number of rotatable bonds is 0. The van der Waals surface area contributed by atoms with Crippen molar-refractivity contribution in [1.82, 2.24) is 4.72 Å². The molecule has 0 unspecified atom stereocenters. The van der Waals surface area contributed by atoms with Gasteiger partial charge in [-0.3, -0.25) is 4.79 Å². The topological polar surface area (TPSA) is 63.2 Å². The molecular weight excluding hydrogens is 256 g/mol. The van der Waals surface area contributed by atoms with E-state index in [2.05, 4.69) is 0 Å². The van der Waals surface area contributed by atoms with E-state index >= 15 is 0 Å². The van der Waals surface area contributed by atoms with Crippen LogP contribution in [-0.4, -0.2) is 52.1 Å². The summed E-state index contributed by atoms with van der Waals surface area (Å²) in [6.07, 6.45) is 0. The van der Waals surface area contributed by atoms with Crippen molar-refractivity contribution < 1.29 is 22.6 Å².